The Morgan fingerprint density at radius 1 is 1.13 bits per heavy atom. The van der Waals surface area contributed by atoms with E-state index in [0.717, 1.165) is 36.9 Å². The van der Waals surface area contributed by atoms with Gasteiger partial charge in [0.1, 0.15) is 11.5 Å². The summed E-state index contributed by atoms with van der Waals surface area (Å²) < 4.78 is 1.92. The van der Waals surface area contributed by atoms with Crippen molar-refractivity contribution in [3.05, 3.63) is 64.7 Å². The smallest absolute Gasteiger partial charge is 0.246 e. The van der Waals surface area contributed by atoms with Gasteiger partial charge >= 0.3 is 0 Å². The molecule has 0 atom stereocenters. The van der Waals surface area contributed by atoms with Crippen LogP contribution in [0, 0.1) is 0 Å². The van der Waals surface area contributed by atoms with Gasteiger partial charge in [0.2, 0.25) is 5.91 Å². The van der Waals surface area contributed by atoms with E-state index in [-0.39, 0.29) is 11.7 Å². The Morgan fingerprint density at radius 2 is 1.87 bits per heavy atom. The van der Waals surface area contributed by atoms with Crippen LogP contribution in [0.25, 0.3) is 0 Å². The standard InChI is InChI=1S/C16H22N4O2.C8H9Cl/c1-13(21)14-11-17-15-12-19(9-10-20(14)15)16(22)5-4-8-18-6-2-3-7-18;1-2-7-5-3-4-6-8(7)9/h4-5,11H,2-3,6-10,12H2,1H3;3-6H,2H2,1H3/b5-4+;. The molecule has 2 aliphatic heterocycles. The third-order valence-electron chi connectivity index (χ3n) is 5.70. The molecule has 1 fully saturated rings. The van der Waals surface area contributed by atoms with Crippen molar-refractivity contribution < 1.29 is 9.59 Å². The highest BCUT2D eigenvalue weighted by Crippen LogP contribution is 2.16. The molecule has 0 N–H and O–H groups in total. The molecule has 0 saturated carbocycles. The van der Waals surface area contributed by atoms with Crippen LogP contribution < -0.4 is 0 Å². The van der Waals surface area contributed by atoms with Gasteiger partial charge in [-0.2, -0.15) is 0 Å². The molecule has 1 aromatic heterocycles. The Bertz CT molecular complexity index is 931. The topological polar surface area (TPSA) is 58.4 Å². The number of fused-ring (bicyclic) bond motifs is 1. The number of aromatic nitrogens is 2. The van der Waals surface area contributed by atoms with Gasteiger partial charge in [0.15, 0.2) is 5.78 Å². The van der Waals surface area contributed by atoms with Gasteiger partial charge in [-0.15, -0.1) is 0 Å². The first-order valence-corrected chi connectivity index (χ1v) is 11.3. The van der Waals surface area contributed by atoms with E-state index in [9.17, 15) is 9.59 Å². The summed E-state index contributed by atoms with van der Waals surface area (Å²) in [5, 5.41) is 0.875. The molecule has 0 aliphatic carbocycles. The zero-order valence-electron chi connectivity index (χ0n) is 18.4. The van der Waals surface area contributed by atoms with Gasteiger partial charge in [0, 0.05) is 37.7 Å². The Balaban J connectivity index is 0.000000254. The largest absolute Gasteiger partial charge is 0.330 e. The highest BCUT2D eigenvalue weighted by atomic mass is 35.5. The molecule has 6 nitrogen and oxygen atoms in total. The second-order valence-electron chi connectivity index (χ2n) is 7.88. The van der Waals surface area contributed by atoms with Gasteiger partial charge in [0.25, 0.3) is 0 Å². The van der Waals surface area contributed by atoms with Crippen molar-refractivity contribution in [1.82, 2.24) is 19.4 Å². The van der Waals surface area contributed by atoms with Gasteiger partial charge in [-0.25, -0.2) is 4.98 Å². The lowest BCUT2D eigenvalue weighted by Crippen LogP contribution is -2.38. The predicted molar refractivity (Wildman–Crippen MR) is 123 cm³/mol. The molecular formula is C24H31ClN4O2. The predicted octanol–water partition coefficient (Wildman–Crippen LogP) is 3.98. The van der Waals surface area contributed by atoms with E-state index in [1.807, 2.05) is 34.9 Å². The number of likely N-dealkylation sites (tertiary alicyclic amines) is 1. The molecule has 1 amide bonds. The zero-order valence-corrected chi connectivity index (χ0v) is 19.1. The molecular weight excluding hydrogens is 412 g/mol. The Morgan fingerprint density at radius 3 is 2.52 bits per heavy atom. The second-order valence-corrected chi connectivity index (χ2v) is 8.29. The molecule has 3 heterocycles. The Hall–Kier alpha value is -2.44. The number of amides is 1. The number of nitrogens with zero attached hydrogens (tertiary/aromatic N) is 4. The molecule has 0 spiro atoms. The van der Waals surface area contributed by atoms with Gasteiger partial charge in [-0.3, -0.25) is 14.5 Å². The van der Waals surface area contributed by atoms with Crippen molar-refractivity contribution in [2.75, 3.05) is 26.2 Å². The summed E-state index contributed by atoms with van der Waals surface area (Å²) in [7, 11) is 0. The van der Waals surface area contributed by atoms with Gasteiger partial charge in [-0.1, -0.05) is 42.8 Å². The third-order valence-corrected chi connectivity index (χ3v) is 6.07. The SMILES string of the molecule is CC(=O)c1cnc2n1CCN(C(=O)/C=C/CN1CCCC1)C2.CCc1ccccc1Cl. The van der Waals surface area contributed by atoms with Crippen molar-refractivity contribution in [3.63, 3.8) is 0 Å². The van der Waals surface area contributed by atoms with E-state index in [4.69, 9.17) is 11.6 Å². The summed E-state index contributed by atoms with van der Waals surface area (Å²) in [4.78, 5) is 32.2. The Labute approximate surface area is 189 Å². The van der Waals surface area contributed by atoms with Crippen molar-refractivity contribution >= 4 is 23.3 Å². The number of aryl methyl sites for hydroxylation is 1. The summed E-state index contributed by atoms with van der Waals surface area (Å²) in [6.07, 6.45) is 8.76. The summed E-state index contributed by atoms with van der Waals surface area (Å²) in [6.45, 7) is 8.49. The average molecular weight is 443 g/mol. The monoisotopic (exact) mass is 442 g/mol. The molecule has 31 heavy (non-hydrogen) atoms. The second kappa shape index (κ2) is 11.3. The highest BCUT2D eigenvalue weighted by molar-refractivity contribution is 6.31. The quantitative estimate of drug-likeness (QED) is 0.519. The van der Waals surface area contributed by atoms with Crippen LogP contribution in [0.5, 0.6) is 0 Å². The molecule has 2 aliphatic rings. The van der Waals surface area contributed by atoms with Crippen LogP contribution in [-0.2, 0) is 24.3 Å². The summed E-state index contributed by atoms with van der Waals surface area (Å²) >= 11 is 5.82. The van der Waals surface area contributed by atoms with Crippen molar-refractivity contribution in [1.29, 1.82) is 0 Å². The molecule has 0 unspecified atom stereocenters. The molecule has 166 valence electrons. The number of carbonyl (C=O) groups excluding carboxylic acids is 2. The number of hydrogen-bond donors (Lipinski definition) is 0. The molecule has 2 aromatic rings. The van der Waals surface area contributed by atoms with E-state index in [0.29, 0.717) is 25.3 Å². The van der Waals surface area contributed by atoms with Crippen LogP contribution in [0.15, 0.2) is 42.6 Å². The fraction of sp³-hybridized carbons (Fsp3) is 0.458. The first-order chi connectivity index (χ1) is 15.0. The summed E-state index contributed by atoms with van der Waals surface area (Å²) in [6, 6.07) is 7.91. The van der Waals surface area contributed by atoms with Crippen molar-refractivity contribution in [3.8, 4) is 0 Å². The van der Waals surface area contributed by atoms with E-state index in [1.54, 1.807) is 24.1 Å². The van der Waals surface area contributed by atoms with Gasteiger partial charge < -0.3 is 9.47 Å². The van der Waals surface area contributed by atoms with Crippen LogP contribution >= 0.6 is 11.6 Å². The molecule has 4 rings (SSSR count). The van der Waals surface area contributed by atoms with Gasteiger partial charge in [0.05, 0.1) is 12.7 Å². The summed E-state index contributed by atoms with van der Waals surface area (Å²) in [5.74, 6) is 0.833. The zero-order chi connectivity index (χ0) is 22.2. The lowest BCUT2D eigenvalue weighted by Gasteiger charge is -2.27. The molecule has 7 heteroatoms. The number of Topliss-reactive ketones (excluding diaryl/α,β-unsaturated/α-hetero) is 1. The number of carbonyl (C=O) groups is 2. The average Bonchev–Trinajstić information content (AvgIpc) is 3.44. The minimum absolute atomic E-state index is 0.0176. The minimum atomic E-state index is 0.0176. The fourth-order valence-electron chi connectivity index (χ4n) is 3.89. The summed E-state index contributed by atoms with van der Waals surface area (Å²) in [5.41, 5.74) is 1.85. The van der Waals surface area contributed by atoms with Crippen LogP contribution in [-0.4, -0.2) is 57.2 Å². The lowest BCUT2D eigenvalue weighted by atomic mass is 10.2. The Kier molecular flexibility index (Phi) is 8.43. The van der Waals surface area contributed by atoms with E-state index >= 15 is 0 Å². The maximum Gasteiger partial charge on any atom is 0.246 e. The fourth-order valence-corrected chi connectivity index (χ4v) is 4.16. The van der Waals surface area contributed by atoms with E-state index < -0.39 is 0 Å². The van der Waals surface area contributed by atoms with E-state index in [1.165, 1.54) is 18.4 Å². The molecule has 0 radical (unpaired) electrons. The molecule has 0 bridgehead atoms. The van der Waals surface area contributed by atoms with Gasteiger partial charge in [-0.05, 0) is 44.0 Å². The number of imidazole rings is 1. The van der Waals surface area contributed by atoms with Crippen molar-refractivity contribution in [2.24, 2.45) is 0 Å². The normalized spacial score (nSPS) is 16.2. The number of hydrogen-bond acceptors (Lipinski definition) is 4. The number of ketones is 1. The number of halogens is 1. The number of rotatable bonds is 5. The van der Waals surface area contributed by atoms with Crippen LogP contribution in [0.3, 0.4) is 0 Å². The maximum atomic E-state index is 12.2. The molecule has 1 aromatic carbocycles. The first kappa shape index (κ1) is 23.2. The van der Waals surface area contributed by atoms with Crippen LogP contribution in [0.1, 0.15) is 48.6 Å². The molecule has 1 saturated heterocycles. The lowest BCUT2D eigenvalue weighted by molar-refractivity contribution is -0.127. The minimum Gasteiger partial charge on any atom is -0.330 e. The van der Waals surface area contributed by atoms with Crippen LogP contribution in [0.2, 0.25) is 5.02 Å². The van der Waals surface area contributed by atoms with Crippen molar-refractivity contribution in [2.45, 2.75) is 46.2 Å². The third kappa shape index (κ3) is 6.28. The first-order valence-electron chi connectivity index (χ1n) is 11.0. The highest BCUT2D eigenvalue weighted by Gasteiger charge is 2.23. The maximum absolute atomic E-state index is 12.2. The number of benzene rings is 1. The van der Waals surface area contributed by atoms with Crippen LogP contribution in [0.4, 0.5) is 0 Å². The van der Waals surface area contributed by atoms with E-state index in [2.05, 4.69) is 16.8 Å².